The van der Waals surface area contributed by atoms with Crippen LogP contribution in [0.3, 0.4) is 0 Å². The van der Waals surface area contributed by atoms with Crippen molar-refractivity contribution in [3.8, 4) is 28.3 Å². The van der Waals surface area contributed by atoms with Gasteiger partial charge in [0.2, 0.25) is 0 Å². The maximum atomic E-state index is 6.01. The summed E-state index contributed by atoms with van der Waals surface area (Å²) in [5, 5.41) is 10.6. The predicted octanol–water partition coefficient (Wildman–Crippen LogP) is 3.00. The molecule has 0 aliphatic carbocycles. The van der Waals surface area contributed by atoms with Crippen LogP contribution in [0.15, 0.2) is 67.6 Å². The molecule has 0 bridgehead atoms. The van der Waals surface area contributed by atoms with E-state index in [4.69, 9.17) is 10.5 Å². The third-order valence-corrected chi connectivity index (χ3v) is 5.66. The number of rotatable bonds is 5. The van der Waals surface area contributed by atoms with Gasteiger partial charge in [-0.15, -0.1) is 0 Å². The van der Waals surface area contributed by atoms with Crippen molar-refractivity contribution in [1.29, 1.82) is 0 Å². The Hall–Kier alpha value is -4.72. The van der Waals surface area contributed by atoms with Crippen molar-refractivity contribution in [1.82, 2.24) is 30.1 Å². The van der Waals surface area contributed by atoms with Gasteiger partial charge < -0.3 is 15.5 Å². The molecule has 0 aliphatic heterocycles. The molecular weight excluding hydrogens is 426 g/mol. The molecule has 5 aromatic heterocycles. The summed E-state index contributed by atoms with van der Waals surface area (Å²) in [5.41, 5.74) is 12.2. The summed E-state index contributed by atoms with van der Waals surface area (Å²) in [7, 11) is 1.61. The fourth-order valence-corrected chi connectivity index (χ4v) is 3.94. The molecule has 0 saturated carbocycles. The number of H-pyrrole nitrogens is 2. The van der Waals surface area contributed by atoms with Gasteiger partial charge >= 0.3 is 0 Å². The zero-order valence-corrected chi connectivity index (χ0v) is 18.8. The van der Waals surface area contributed by atoms with Gasteiger partial charge in [-0.2, -0.15) is 5.10 Å². The molecule has 8 nitrogen and oxygen atoms in total. The third-order valence-electron chi connectivity index (χ3n) is 5.66. The van der Waals surface area contributed by atoms with Crippen LogP contribution in [0.25, 0.3) is 51.1 Å². The number of aromatic nitrogens is 6. The first-order valence-electron chi connectivity index (χ1n) is 10.7. The van der Waals surface area contributed by atoms with Gasteiger partial charge in [-0.3, -0.25) is 20.1 Å². The maximum Gasteiger partial charge on any atom is 0.137 e. The van der Waals surface area contributed by atoms with Crippen LogP contribution in [-0.2, 0) is 0 Å². The molecule has 0 aromatic carbocycles. The monoisotopic (exact) mass is 449 g/mol. The van der Waals surface area contributed by atoms with Crippen molar-refractivity contribution in [3.05, 3.63) is 83.8 Å². The van der Waals surface area contributed by atoms with Gasteiger partial charge in [-0.25, -0.2) is 0 Å². The topological polar surface area (TPSA) is 118 Å². The lowest BCUT2D eigenvalue weighted by Crippen LogP contribution is -2.23. The highest BCUT2D eigenvalue weighted by atomic mass is 16.5. The lowest BCUT2D eigenvalue weighted by Gasteiger charge is -2.04. The Bertz CT molecular complexity index is 1610. The fraction of sp³-hybridized carbons (Fsp3) is 0.0769. The third kappa shape index (κ3) is 3.81. The van der Waals surface area contributed by atoms with Crippen LogP contribution in [0.5, 0.6) is 5.75 Å². The van der Waals surface area contributed by atoms with Crippen molar-refractivity contribution in [3.63, 3.8) is 0 Å². The van der Waals surface area contributed by atoms with Crippen molar-refractivity contribution < 1.29 is 4.74 Å². The molecule has 8 heteroatoms. The van der Waals surface area contributed by atoms with E-state index in [9.17, 15) is 0 Å². The number of nitrogens with one attached hydrogen (secondary N) is 2. The largest absolute Gasteiger partial charge is 0.495 e. The number of hydrogen-bond donors (Lipinski definition) is 3. The number of fused-ring (bicyclic) bond motifs is 1. The van der Waals surface area contributed by atoms with Gasteiger partial charge in [-0.1, -0.05) is 12.1 Å². The minimum Gasteiger partial charge on any atom is -0.495 e. The molecule has 4 N–H and O–H groups in total. The molecule has 0 spiro atoms. The molecule has 0 radical (unpaired) electrons. The van der Waals surface area contributed by atoms with Gasteiger partial charge in [0.25, 0.3) is 0 Å². The summed E-state index contributed by atoms with van der Waals surface area (Å²) in [4.78, 5) is 16.4. The number of aromatic amines is 2. The van der Waals surface area contributed by atoms with Crippen molar-refractivity contribution in [2.75, 3.05) is 7.11 Å². The quantitative estimate of drug-likeness (QED) is 0.380. The van der Waals surface area contributed by atoms with E-state index >= 15 is 0 Å². The average Bonchev–Trinajstić information content (AvgIpc) is 3.51. The molecule has 0 aliphatic rings. The first-order chi connectivity index (χ1) is 16.7. The lowest BCUT2D eigenvalue weighted by molar-refractivity contribution is 0.413. The van der Waals surface area contributed by atoms with Crippen LogP contribution in [-0.4, -0.2) is 37.2 Å². The second-order valence-electron chi connectivity index (χ2n) is 7.64. The van der Waals surface area contributed by atoms with Gasteiger partial charge in [0.15, 0.2) is 0 Å². The van der Waals surface area contributed by atoms with E-state index in [0.29, 0.717) is 5.75 Å². The van der Waals surface area contributed by atoms with E-state index < -0.39 is 0 Å². The second-order valence-corrected chi connectivity index (χ2v) is 7.64. The van der Waals surface area contributed by atoms with Crippen LogP contribution in [0.2, 0.25) is 0 Å². The Morgan fingerprint density at radius 2 is 1.94 bits per heavy atom. The lowest BCUT2D eigenvalue weighted by atomic mass is 10.1. The highest BCUT2D eigenvalue weighted by Gasteiger charge is 2.13. The summed E-state index contributed by atoms with van der Waals surface area (Å²) in [6.07, 6.45) is 16.2. The number of hydrogen-bond acceptors (Lipinski definition) is 6. The second kappa shape index (κ2) is 9.03. The summed E-state index contributed by atoms with van der Waals surface area (Å²) in [6.45, 7) is 1.96. The molecule has 5 rings (SSSR count). The summed E-state index contributed by atoms with van der Waals surface area (Å²) >= 11 is 0. The van der Waals surface area contributed by atoms with Crippen LogP contribution < -0.4 is 21.0 Å². The summed E-state index contributed by atoms with van der Waals surface area (Å²) < 4.78 is 5.32. The van der Waals surface area contributed by atoms with Crippen LogP contribution in [0.1, 0.15) is 12.5 Å². The molecular formula is C26H23N7O. The molecule has 0 fully saturated rings. The number of nitrogens with zero attached hydrogens (tertiary/aromatic N) is 4. The Kier molecular flexibility index (Phi) is 5.61. The number of methoxy groups -OCH3 is 1. The Morgan fingerprint density at radius 3 is 2.71 bits per heavy atom. The highest BCUT2D eigenvalue weighted by molar-refractivity contribution is 5.97. The molecule has 0 amide bonds. The van der Waals surface area contributed by atoms with Gasteiger partial charge in [0.05, 0.1) is 36.1 Å². The number of pyridine rings is 3. The first kappa shape index (κ1) is 21.1. The zero-order valence-electron chi connectivity index (χ0n) is 18.8. The van der Waals surface area contributed by atoms with Crippen LogP contribution in [0.4, 0.5) is 0 Å². The fourth-order valence-electron chi connectivity index (χ4n) is 3.94. The number of allylic oxidation sites excluding steroid dienone is 1. The molecule has 168 valence electrons. The number of ether oxygens (including phenoxy) is 1. The normalized spacial score (nSPS) is 13.1. The van der Waals surface area contributed by atoms with E-state index in [1.54, 1.807) is 31.9 Å². The van der Waals surface area contributed by atoms with E-state index in [0.717, 1.165) is 55.1 Å². The van der Waals surface area contributed by atoms with Gasteiger partial charge in [0.1, 0.15) is 11.4 Å². The zero-order chi connectivity index (χ0) is 23.5. The smallest absolute Gasteiger partial charge is 0.137 e. The maximum absolute atomic E-state index is 6.01. The van der Waals surface area contributed by atoms with Gasteiger partial charge in [0, 0.05) is 58.3 Å². The van der Waals surface area contributed by atoms with E-state index in [1.165, 1.54) is 0 Å². The molecule has 5 heterocycles. The minimum atomic E-state index is 0.658. The van der Waals surface area contributed by atoms with Crippen molar-refractivity contribution in [2.24, 2.45) is 5.73 Å². The molecule has 34 heavy (non-hydrogen) atoms. The van der Waals surface area contributed by atoms with Crippen LogP contribution in [0, 0.1) is 0 Å². The highest BCUT2D eigenvalue weighted by Crippen LogP contribution is 2.30. The molecule has 0 saturated heterocycles. The van der Waals surface area contributed by atoms with E-state index in [-0.39, 0.29) is 0 Å². The summed E-state index contributed by atoms with van der Waals surface area (Å²) in [5.74, 6) is 0.658. The van der Waals surface area contributed by atoms with Crippen LogP contribution >= 0.6 is 0 Å². The Labute approximate surface area is 195 Å². The summed E-state index contributed by atoms with van der Waals surface area (Å²) in [6, 6.07) is 7.92. The Morgan fingerprint density at radius 1 is 1.06 bits per heavy atom. The van der Waals surface area contributed by atoms with E-state index in [2.05, 4.69) is 36.2 Å². The van der Waals surface area contributed by atoms with Crippen molar-refractivity contribution in [2.45, 2.75) is 6.92 Å². The molecule has 0 unspecified atom stereocenters. The first-order valence-corrected chi connectivity index (χ1v) is 10.7. The van der Waals surface area contributed by atoms with Crippen molar-refractivity contribution >= 4 is 28.6 Å². The average molecular weight is 450 g/mol. The standard InChI is InChI=1S/C26H23N7O/c1-3-23-21(8-17(10-27)18-7-19(34-2)13-29-12-18)26(33-32-23)24-9-20-22(14-30-15-25(20)31-24)16-5-4-6-28-11-16/h3-15,31-32H,27H2,1-2H3/b17-10+,21-8+,23-3-. The predicted molar refractivity (Wildman–Crippen MR) is 134 cm³/mol. The molecule has 0 atom stereocenters. The molecule has 5 aromatic rings. The Balaban J connectivity index is 1.68. The minimum absolute atomic E-state index is 0.658. The SMILES string of the molecule is C\C=c1/[nH]nc(-c2cc3c(-c4cccnc4)cncc3[nH]2)/c1=C/C(=C\N)c1cncc(OC)c1. The van der Waals surface area contributed by atoms with E-state index in [1.807, 2.05) is 55.9 Å². The van der Waals surface area contributed by atoms with Gasteiger partial charge in [-0.05, 0) is 36.8 Å². The number of nitrogens with two attached hydrogens (primary N) is 1.